The van der Waals surface area contributed by atoms with Crippen LogP contribution in [0, 0.1) is 0 Å². The molecule has 0 aromatic carbocycles. The summed E-state index contributed by atoms with van der Waals surface area (Å²) >= 11 is 7.29. The lowest BCUT2D eigenvalue weighted by molar-refractivity contribution is -0.137. The summed E-state index contributed by atoms with van der Waals surface area (Å²) in [7, 11) is 0. The van der Waals surface area contributed by atoms with E-state index in [0.717, 1.165) is 9.21 Å². The molecule has 1 aromatic rings. The molecule has 0 aliphatic heterocycles. The van der Waals surface area contributed by atoms with Crippen LogP contribution in [-0.2, 0) is 16.0 Å². The van der Waals surface area contributed by atoms with E-state index in [1.54, 1.807) is 0 Å². The average Bonchev–Trinajstić information content (AvgIpc) is 2.69. The molecule has 6 heteroatoms. The van der Waals surface area contributed by atoms with E-state index < -0.39 is 11.5 Å². The van der Waals surface area contributed by atoms with Gasteiger partial charge in [0.1, 0.15) is 0 Å². The molecule has 0 unspecified atom stereocenters. The smallest absolute Gasteiger partial charge is 0.303 e. The van der Waals surface area contributed by atoms with Gasteiger partial charge in [-0.25, -0.2) is 0 Å². The number of carbonyl (C=O) groups is 2. The molecule has 2 N–H and O–H groups in total. The summed E-state index contributed by atoms with van der Waals surface area (Å²) in [5, 5.41) is 11.5. The minimum absolute atomic E-state index is 0.0494. The molecule has 1 heterocycles. The molecule has 0 aliphatic carbocycles. The second-order valence-electron chi connectivity index (χ2n) is 5.03. The second kappa shape index (κ2) is 6.91. The van der Waals surface area contributed by atoms with Crippen LogP contribution in [-0.4, -0.2) is 22.5 Å². The number of hydrogen-bond donors (Lipinski definition) is 2. The van der Waals surface area contributed by atoms with Gasteiger partial charge in [0.05, 0.1) is 4.34 Å². The molecule has 0 saturated carbocycles. The Kier molecular flexibility index (Phi) is 5.82. The molecule has 0 aliphatic rings. The van der Waals surface area contributed by atoms with Gasteiger partial charge in [0.25, 0.3) is 0 Å². The Hall–Kier alpha value is -1.07. The zero-order valence-electron chi connectivity index (χ0n) is 11.0. The topological polar surface area (TPSA) is 66.4 Å². The molecule has 0 radical (unpaired) electrons. The monoisotopic (exact) mass is 303 g/mol. The van der Waals surface area contributed by atoms with E-state index in [1.807, 2.05) is 26.0 Å². The largest absolute Gasteiger partial charge is 0.481 e. The third kappa shape index (κ3) is 6.59. The molecule has 1 amide bonds. The number of carboxylic acid groups (broad SMARTS) is 1. The highest BCUT2D eigenvalue weighted by atomic mass is 35.5. The van der Waals surface area contributed by atoms with Crippen LogP contribution in [0.4, 0.5) is 0 Å². The summed E-state index contributed by atoms with van der Waals surface area (Å²) in [4.78, 5) is 23.4. The number of nitrogens with one attached hydrogen (secondary N) is 1. The maximum absolute atomic E-state index is 11.8. The molecular formula is C13H18ClNO3S. The van der Waals surface area contributed by atoms with Crippen LogP contribution in [0.1, 0.15) is 38.0 Å². The highest BCUT2D eigenvalue weighted by Gasteiger charge is 2.21. The van der Waals surface area contributed by atoms with Gasteiger partial charge in [-0.2, -0.15) is 0 Å². The van der Waals surface area contributed by atoms with E-state index in [2.05, 4.69) is 5.32 Å². The molecule has 0 fully saturated rings. The van der Waals surface area contributed by atoms with Crippen molar-refractivity contribution in [2.75, 3.05) is 0 Å². The molecule has 1 aromatic heterocycles. The molecule has 19 heavy (non-hydrogen) atoms. The lowest BCUT2D eigenvalue weighted by atomic mass is 9.98. The Morgan fingerprint density at radius 3 is 2.58 bits per heavy atom. The summed E-state index contributed by atoms with van der Waals surface area (Å²) in [5.41, 5.74) is -0.497. The predicted octanol–water partition coefficient (Wildman–Crippen LogP) is 3.09. The maximum Gasteiger partial charge on any atom is 0.303 e. The highest BCUT2D eigenvalue weighted by molar-refractivity contribution is 7.16. The van der Waals surface area contributed by atoms with Crippen LogP contribution in [0.2, 0.25) is 4.34 Å². The van der Waals surface area contributed by atoms with E-state index in [9.17, 15) is 9.59 Å². The molecule has 1 rings (SSSR count). The minimum atomic E-state index is -0.851. The van der Waals surface area contributed by atoms with E-state index in [0.29, 0.717) is 19.3 Å². The van der Waals surface area contributed by atoms with Crippen LogP contribution >= 0.6 is 22.9 Å². The number of carboxylic acids is 1. The van der Waals surface area contributed by atoms with Gasteiger partial charge < -0.3 is 10.4 Å². The fourth-order valence-corrected chi connectivity index (χ4v) is 2.73. The molecule has 4 nitrogen and oxygen atoms in total. The van der Waals surface area contributed by atoms with E-state index in [-0.39, 0.29) is 12.3 Å². The number of carbonyl (C=O) groups excluding carboxylic acids is 1. The second-order valence-corrected chi connectivity index (χ2v) is 6.83. The van der Waals surface area contributed by atoms with Crippen molar-refractivity contribution >= 4 is 34.8 Å². The van der Waals surface area contributed by atoms with Gasteiger partial charge >= 0.3 is 5.97 Å². The van der Waals surface area contributed by atoms with Gasteiger partial charge in [0.2, 0.25) is 5.91 Å². The number of thiophene rings is 1. The van der Waals surface area contributed by atoms with Crippen molar-refractivity contribution in [1.82, 2.24) is 5.32 Å². The predicted molar refractivity (Wildman–Crippen MR) is 76.7 cm³/mol. The van der Waals surface area contributed by atoms with Crippen LogP contribution in [0.5, 0.6) is 0 Å². The number of aryl methyl sites for hydroxylation is 1. The standard InChI is InChI=1S/C13H18ClNO3S/c1-13(2,8-7-12(17)18)15-11(16)6-4-9-3-5-10(14)19-9/h3,5H,4,6-8H2,1-2H3,(H,15,16)(H,17,18). The zero-order chi connectivity index (χ0) is 14.5. The summed E-state index contributed by atoms with van der Waals surface area (Å²) in [5.74, 6) is -0.921. The Bertz CT molecular complexity index is 456. The third-order valence-electron chi connectivity index (χ3n) is 2.67. The summed E-state index contributed by atoms with van der Waals surface area (Å²) in [6.07, 6.45) is 1.50. The van der Waals surface area contributed by atoms with Crippen molar-refractivity contribution in [3.05, 3.63) is 21.3 Å². The van der Waals surface area contributed by atoms with Gasteiger partial charge in [-0.15, -0.1) is 11.3 Å². The van der Waals surface area contributed by atoms with Crippen molar-refractivity contribution in [2.45, 2.75) is 45.1 Å². The van der Waals surface area contributed by atoms with E-state index in [4.69, 9.17) is 16.7 Å². The molecular weight excluding hydrogens is 286 g/mol. The van der Waals surface area contributed by atoms with Crippen molar-refractivity contribution in [2.24, 2.45) is 0 Å². The molecule has 0 bridgehead atoms. The van der Waals surface area contributed by atoms with Gasteiger partial charge in [-0.05, 0) is 38.8 Å². The summed E-state index contributed by atoms with van der Waals surface area (Å²) in [6.45, 7) is 3.66. The maximum atomic E-state index is 11.8. The number of amides is 1. The van der Waals surface area contributed by atoms with Crippen molar-refractivity contribution in [3.63, 3.8) is 0 Å². The van der Waals surface area contributed by atoms with E-state index in [1.165, 1.54) is 11.3 Å². The summed E-state index contributed by atoms with van der Waals surface area (Å²) in [6, 6.07) is 3.73. The lowest BCUT2D eigenvalue weighted by Gasteiger charge is -2.25. The van der Waals surface area contributed by atoms with Crippen molar-refractivity contribution < 1.29 is 14.7 Å². The normalized spacial score (nSPS) is 11.3. The van der Waals surface area contributed by atoms with Gasteiger partial charge in [-0.1, -0.05) is 11.6 Å². The van der Waals surface area contributed by atoms with E-state index >= 15 is 0 Å². The van der Waals surface area contributed by atoms with Crippen molar-refractivity contribution in [3.8, 4) is 0 Å². The minimum Gasteiger partial charge on any atom is -0.481 e. The molecule has 0 atom stereocenters. The fourth-order valence-electron chi connectivity index (χ4n) is 1.64. The first-order valence-corrected chi connectivity index (χ1v) is 7.25. The van der Waals surface area contributed by atoms with Gasteiger partial charge in [0, 0.05) is 23.3 Å². The SMILES string of the molecule is CC(C)(CCC(=O)O)NC(=O)CCc1ccc(Cl)s1. The molecule has 106 valence electrons. The third-order valence-corrected chi connectivity index (χ3v) is 3.96. The number of hydrogen-bond acceptors (Lipinski definition) is 3. The first-order chi connectivity index (χ1) is 8.78. The Morgan fingerprint density at radius 1 is 1.37 bits per heavy atom. The number of halogens is 1. The van der Waals surface area contributed by atoms with Crippen LogP contribution in [0.25, 0.3) is 0 Å². The average molecular weight is 304 g/mol. The summed E-state index contributed by atoms with van der Waals surface area (Å²) < 4.78 is 0.720. The fraction of sp³-hybridized carbons (Fsp3) is 0.538. The first kappa shape index (κ1) is 16.0. The quantitative estimate of drug-likeness (QED) is 0.813. The number of aliphatic carboxylic acids is 1. The van der Waals surface area contributed by atoms with Crippen LogP contribution in [0.3, 0.4) is 0 Å². The highest BCUT2D eigenvalue weighted by Crippen LogP contribution is 2.22. The number of rotatable bonds is 7. The van der Waals surface area contributed by atoms with Crippen LogP contribution < -0.4 is 5.32 Å². The Morgan fingerprint density at radius 2 is 2.05 bits per heavy atom. The molecule has 0 spiro atoms. The Balaban J connectivity index is 2.35. The van der Waals surface area contributed by atoms with Crippen LogP contribution in [0.15, 0.2) is 12.1 Å². The zero-order valence-corrected chi connectivity index (χ0v) is 12.6. The molecule has 0 saturated heterocycles. The Labute approximate surface area is 121 Å². The van der Waals surface area contributed by atoms with Crippen molar-refractivity contribution in [1.29, 1.82) is 0 Å². The van der Waals surface area contributed by atoms with Gasteiger partial charge in [-0.3, -0.25) is 9.59 Å². The first-order valence-electron chi connectivity index (χ1n) is 6.05. The lowest BCUT2D eigenvalue weighted by Crippen LogP contribution is -2.43. The van der Waals surface area contributed by atoms with Gasteiger partial charge in [0.15, 0.2) is 0 Å².